The number of aromatic nitrogens is 2. The van der Waals surface area contributed by atoms with Crippen LogP contribution in [0.2, 0.25) is 0 Å². The van der Waals surface area contributed by atoms with Crippen molar-refractivity contribution in [2.24, 2.45) is 0 Å². The first kappa shape index (κ1) is 7.60. The van der Waals surface area contributed by atoms with Crippen LogP contribution in [0.5, 0.6) is 0 Å². The number of rotatable bonds is 1. The van der Waals surface area contributed by atoms with Crippen molar-refractivity contribution >= 4 is 0 Å². The molecule has 1 fully saturated rings. The van der Waals surface area contributed by atoms with Crippen molar-refractivity contribution in [2.75, 3.05) is 0 Å². The molecule has 1 N–H and O–H groups in total. The van der Waals surface area contributed by atoms with E-state index in [2.05, 4.69) is 17.1 Å². The predicted molar refractivity (Wildman–Crippen MR) is 51.8 cm³/mol. The van der Waals surface area contributed by atoms with Crippen LogP contribution in [0.3, 0.4) is 0 Å². The van der Waals surface area contributed by atoms with Gasteiger partial charge in [-0.25, -0.2) is 0 Å². The zero-order chi connectivity index (χ0) is 8.89. The van der Waals surface area contributed by atoms with Crippen LogP contribution in [0.1, 0.15) is 49.6 Å². The average molecular weight is 176 g/mol. The Morgan fingerprint density at radius 1 is 1.23 bits per heavy atom. The van der Waals surface area contributed by atoms with Crippen molar-refractivity contribution in [1.29, 1.82) is 0 Å². The molecule has 0 saturated heterocycles. The zero-order valence-electron chi connectivity index (χ0n) is 8.19. The third kappa shape index (κ3) is 1.04. The highest BCUT2D eigenvalue weighted by molar-refractivity contribution is 5.36. The van der Waals surface area contributed by atoms with E-state index in [1.165, 1.54) is 49.9 Å². The molecule has 0 aliphatic heterocycles. The minimum Gasteiger partial charge on any atom is -0.282 e. The van der Waals surface area contributed by atoms with Crippen LogP contribution < -0.4 is 0 Å². The van der Waals surface area contributed by atoms with Gasteiger partial charge in [0.1, 0.15) is 0 Å². The number of hydrogen-bond acceptors (Lipinski definition) is 1. The van der Waals surface area contributed by atoms with Crippen molar-refractivity contribution < 1.29 is 0 Å². The Balaban J connectivity index is 2.06. The van der Waals surface area contributed by atoms with Gasteiger partial charge in [-0.15, -0.1) is 0 Å². The summed E-state index contributed by atoms with van der Waals surface area (Å²) in [5.74, 6) is 0. The van der Waals surface area contributed by atoms with E-state index in [4.69, 9.17) is 0 Å². The summed E-state index contributed by atoms with van der Waals surface area (Å²) in [7, 11) is 0. The van der Waals surface area contributed by atoms with Gasteiger partial charge in [-0.05, 0) is 44.1 Å². The SMILES string of the molecule is CC1(c2n[nH]c3c2CCCC3)CC1. The van der Waals surface area contributed by atoms with Gasteiger partial charge >= 0.3 is 0 Å². The fourth-order valence-electron chi connectivity index (χ4n) is 2.40. The first-order valence-electron chi connectivity index (χ1n) is 5.36. The molecule has 0 bridgehead atoms. The first-order chi connectivity index (χ1) is 6.30. The predicted octanol–water partition coefficient (Wildman–Crippen LogP) is 2.34. The van der Waals surface area contributed by atoms with Gasteiger partial charge in [-0.2, -0.15) is 5.10 Å². The molecule has 2 heteroatoms. The molecule has 0 aromatic carbocycles. The Labute approximate surface area is 78.7 Å². The van der Waals surface area contributed by atoms with Gasteiger partial charge in [0, 0.05) is 11.1 Å². The van der Waals surface area contributed by atoms with Crippen LogP contribution in [-0.2, 0) is 18.3 Å². The lowest BCUT2D eigenvalue weighted by atomic mass is 9.91. The highest BCUT2D eigenvalue weighted by Crippen LogP contribution is 2.49. The van der Waals surface area contributed by atoms with Crippen molar-refractivity contribution in [3.8, 4) is 0 Å². The molecule has 0 radical (unpaired) electrons. The second-order valence-electron chi connectivity index (χ2n) is 4.80. The molecular formula is C11H16N2. The molecule has 0 spiro atoms. The zero-order valence-corrected chi connectivity index (χ0v) is 8.19. The van der Waals surface area contributed by atoms with Crippen molar-refractivity contribution in [2.45, 2.75) is 50.9 Å². The van der Waals surface area contributed by atoms with Crippen LogP contribution in [0, 0.1) is 0 Å². The minimum absolute atomic E-state index is 0.446. The molecule has 0 atom stereocenters. The topological polar surface area (TPSA) is 28.7 Å². The normalized spacial score (nSPS) is 24.1. The maximum atomic E-state index is 4.51. The number of H-pyrrole nitrogens is 1. The van der Waals surface area contributed by atoms with Gasteiger partial charge in [0.05, 0.1) is 5.69 Å². The molecule has 1 aromatic rings. The van der Waals surface area contributed by atoms with E-state index in [-0.39, 0.29) is 0 Å². The van der Waals surface area contributed by atoms with Gasteiger partial charge in [-0.1, -0.05) is 6.92 Å². The summed E-state index contributed by atoms with van der Waals surface area (Å²) in [6.07, 6.45) is 7.85. The number of fused-ring (bicyclic) bond motifs is 1. The highest BCUT2D eigenvalue weighted by Gasteiger charge is 2.43. The molecule has 2 nitrogen and oxygen atoms in total. The maximum Gasteiger partial charge on any atom is 0.0715 e. The summed E-state index contributed by atoms with van der Waals surface area (Å²) in [5, 5.41) is 7.73. The van der Waals surface area contributed by atoms with E-state index in [9.17, 15) is 0 Å². The van der Waals surface area contributed by atoms with Crippen molar-refractivity contribution in [3.05, 3.63) is 17.0 Å². The molecule has 1 heterocycles. The number of nitrogens with zero attached hydrogens (tertiary/aromatic N) is 1. The fourth-order valence-corrected chi connectivity index (χ4v) is 2.40. The molecule has 1 saturated carbocycles. The second-order valence-corrected chi connectivity index (χ2v) is 4.80. The van der Waals surface area contributed by atoms with Gasteiger partial charge in [-0.3, -0.25) is 5.10 Å². The number of aryl methyl sites for hydroxylation is 1. The molecule has 0 unspecified atom stereocenters. The van der Waals surface area contributed by atoms with E-state index >= 15 is 0 Å². The molecule has 1 aromatic heterocycles. The first-order valence-corrected chi connectivity index (χ1v) is 5.36. The van der Waals surface area contributed by atoms with E-state index in [1.54, 1.807) is 5.56 Å². The minimum atomic E-state index is 0.446. The summed E-state index contributed by atoms with van der Waals surface area (Å²) in [6.45, 7) is 2.35. The van der Waals surface area contributed by atoms with Crippen LogP contribution in [-0.4, -0.2) is 10.2 Å². The average Bonchev–Trinajstić information content (AvgIpc) is 2.76. The van der Waals surface area contributed by atoms with E-state index in [1.807, 2.05) is 0 Å². The third-order valence-electron chi connectivity index (χ3n) is 3.63. The van der Waals surface area contributed by atoms with Gasteiger partial charge < -0.3 is 0 Å². The summed E-state index contributed by atoms with van der Waals surface area (Å²) < 4.78 is 0. The number of nitrogens with one attached hydrogen (secondary N) is 1. The number of hydrogen-bond donors (Lipinski definition) is 1. The lowest BCUT2D eigenvalue weighted by Crippen LogP contribution is -2.08. The molecule has 13 heavy (non-hydrogen) atoms. The Morgan fingerprint density at radius 2 is 2.00 bits per heavy atom. The standard InChI is InChI=1S/C11H16N2/c1-11(6-7-11)10-8-4-2-3-5-9(8)12-13-10/h2-7H2,1H3,(H,12,13). The van der Waals surface area contributed by atoms with Crippen molar-refractivity contribution in [1.82, 2.24) is 10.2 Å². The van der Waals surface area contributed by atoms with Crippen molar-refractivity contribution in [3.63, 3.8) is 0 Å². The third-order valence-corrected chi connectivity index (χ3v) is 3.63. The molecule has 2 aliphatic rings. The van der Waals surface area contributed by atoms with Gasteiger partial charge in [0.15, 0.2) is 0 Å². The molecular weight excluding hydrogens is 160 g/mol. The highest BCUT2D eigenvalue weighted by atomic mass is 15.1. The van der Waals surface area contributed by atoms with Crippen LogP contribution >= 0.6 is 0 Å². The summed E-state index contributed by atoms with van der Waals surface area (Å²) in [6, 6.07) is 0. The molecule has 0 amide bonds. The van der Waals surface area contributed by atoms with Gasteiger partial charge in [0.25, 0.3) is 0 Å². The Kier molecular flexibility index (Phi) is 1.38. The number of aromatic amines is 1. The Hall–Kier alpha value is -0.790. The van der Waals surface area contributed by atoms with Gasteiger partial charge in [0.2, 0.25) is 0 Å². The van der Waals surface area contributed by atoms with E-state index in [0.717, 1.165) is 0 Å². The lowest BCUT2D eigenvalue weighted by Gasteiger charge is -2.13. The van der Waals surface area contributed by atoms with Crippen LogP contribution in [0.4, 0.5) is 0 Å². The van der Waals surface area contributed by atoms with Crippen LogP contribution in [0.25, 0.3) is 0 Å². The van der Waals surface area contributed by atoms with E-state index < -0.39 is 0 Å². The van der Waals surface area contributed by atoms with E-state index in [0.29, 0.717) is 5.41 Å². The quantitative estimate of drug-likeness (QED) is 0.699. The smallest absolute Gasteiger partial charge is 0.0715 e. The Morgan fingerprint density at radius 3 is 2.77 bits per heavy atom. The molecule has 2 aliphatic carbocycles. The monoisotopic (exact) mass is 176 g/mol. The summed E-state index contributed by atoms with van der Waals surface area (Å²) in [4.78, 5) is 0. The summed E-state index contributed by atoms with van der Waals surface area (Å²) in [5.41, 5.74) is 4.82. The Bertz CT molecular complexity index is 334. The summed E-state index contributed by atoms with van der Waals surface area (Å²) >= 11 is 0. The second kappa shape index (κ2) is 2.37. The largest absolute Gasteiger partial charge is 0.282 e. The van der Waals surface area contributed by atoms with Crippen LogP contribution in [0.15, 0.2) is 0 Å². The fraction of sp³-hybridized carbons (Fsp3) is 0.727. The maximum absolute atomic E-state index is 4.51. The lowest BCUT2D eigenvalue weighted by molar-refractivity contribution is 0.662. The molecule has 3 rings (SSSR count). The molecule has 70 valence electrons.